The van der Waals surface area contributed by atoms with E-state index in [2.05, 4.69) is 10.6 Å². The van der Waals surface area contributed by atoms with Gasteiger partial charge in [0.25, 0.3) is 0 Å². The third-order valence-corrected chi connectivity index (χ3v) is 2.71. The second-order valence-electron chi connectivity index (χ2n) is 4.84. The highest BCUT2D eigenvalue weighted by Crippen LogP contribution is 1.98. The number of rotatable bonds is 14. The molecule has 0 saturated carbocycles. The zero-order valence-electron chi connectivity index (χ0n) is 13.3. The zero-order chi connectivity index (χ0) is 18.5. The molecule has 0 aliphatic heterocycles. The Morgan fingerprint density at radius 1 is 1.04 bits per heavy atom. The second kappa shape index (κ2) is 12.2. The van der Waals surface area contributed by atoms with Crippen LogP contribution in [0.15, 0.2) is 0 Å². The number of hydrogen-bond acceptors (Lipinski definition) is 8. The van der Waals surface area contributed by atoms with Gasteiger partial charge in [0.2, 0.25) is 12.3 Å². The summed E-state index contributed by atoms with van der Waals surface area (Å²) in [5.41, 5.74) is 0. The molecule has 0 aromatic carbocycles. The number of aliphatic carboxylic acids is 2. The molecule has 0 radical (unpaired) electrons. The molecule has 0 saturated heterocycles. The van der Waals surface area contributed by atoms with Crippen molar-refractivity contribution in [1.29, 1.82) is 0 Å². The Morgan fingerprint density at radius 3 is 2.12 bits per heavy atom. The molecule has 0 aromatic heterocycles. The minimum Gasteiger partial charge on any atom is -0.784 e. The molecule has 0 fully saturated rings. The van der Waals surface area contributed by atoms with Gasteiger partial charge in [0.05, 0.1) is 26.3 Å². The molecule has 0 atom stereocenters. The molecule has 2 amide bonds. The van der Waals surface area contributed by atoms with Crippen LogP contribution >= 0.6 is 0 Å². The number of carbonyl (C=O) groups is 4. The van der Waals surface area contributed by atoms with Gasteiger partial charge >= 0.3 is 11.9 Å². The smallest absolute Gasteiger partial charge is 0.317 e. The Kier molecular flexibility index (Phi) is 11.0. The maximum atomic E-state index is 11.7. The van der Waals surface area contributed by atoms with Crippen LogP contribution in [0, 0.1) is 5.21 Å². The first-order chi connectivity index (χ1) is 11.3. The minimum absolute atomic E-state index is 0.0662. The van der Waals surface area contributed by atoms with Crippen LogP contribution in [0.3, 0.4) is 0 Å². The van der Waals surface area contributed by atoms with Gasteiger partial charge in [-0.2, -0.15) is 0 Å². The summed E-state index contributed by atoms with van der Waals surface area (Å²) < 4.78 is 0. The minimum atomic E-state index is -1.20. The van der Waals surface area contributed by atoms with Crippen LogP contribution in [-0.2, 0) is 19.2 Å². The maximum Gasteiger partial charge on any atom is 0.317 e. The van der Waals surface area contributed by atoms with Crippen LogP contribution in [0.5, 0.6) is 0 Å². The normalized spacial score (nSPS) is 10.9. The number of carbonyl (C=O) groups excluding carboxylic acids is 2. The maximum absolute atomic E-state index is 11.7. The first kappa shape index (κ1) is 21.7. The van der Waals surface area contributed by atoms with Crippen LogP contribution in [0.4, 0.5) is 0 Å². The highest BCUT2D eigenvalue weighted by molar-refractivity contribution is 5.78. The summed E-state index contributed by atoms with van der Waals surface area (Å²) in [7, 11) is 1.38. The van der Waals surface area contributed by atoms with Crippen LogP contribution in [0.25, 0.3) is 0 Å². The summed E-state index contributed by atoms with van der Waals surface area (Å²) in [4.78, 5) is 45.7. The average molecular weight is 348 g/mol. The summed E-state index contributed by atoms with van der Waals surface area (Å²) >= 11 is 0. The van der Waals surface area contributed by atoms with Gasteiger partial charge in [-0.05, 0) is 0 Å². The molecule has 0 rings (SSSR count). The average Bonchev–Trinajstić information content (AvgIpc) is 2.45. The number of likely N-dealkylation sites (N-methyl/N-ethyl adjacent to an activating group) is 1. The van der Waals surface area contributed by atoms with E-state index in [1.165, 1.54) is 16.8 Å². The number of carboxylic acid groups (broad SMARTS) is 2. The van der Waals surface area contributed by atoms with Gasteiger partial charge in [0.15, 0.2) is 0 Å². The summed E-state index contributed by atoms with van der Waals surface area (Å²) in [6.45, 7) is -1.76. The molecule has 0 aromatic rings. The van der Waals surface area contributed by atoms with Crippen LogP contribution in [-0.4, -0.2) is 102 Å². The third kappa shape index (κ3) is 11.3. The predicted molar refractivity (Wildman–Crippen MR) is 81.5 cm³/mol. The SMILES string of the molecule is CNC(=O)CN(CC(=O)O)CN(CC(=O)O)CN([O-])CCNC=O. The molecule has 0 heterocycles. The lowest BCUT2D eigenvalue weighted by molar-refractivity contribution is -0.140. The fourth-order valence-corrected chi connectivity index (χ4v) is 1.79. The second-order valence-corrected chi connectivity index (χ2v) is 4.84. The Bertz CT molecular complexity index is 434. The van der Waals surface area contributed by atoms with E-state index >= 15 is 0 Å². The van der Waals surface area contributed by atoms with E-state index in [1.807, 2.05) is 0 Å². The largest absolute Gasteiger partial charge is 0.784 e. The van der Waals surface area contributed by atoms with Gasteiger partial charge in [-0.25, -0.2) is 0 Å². The lowest BCUT2D eigenvalue weighted by Gasteiger charge is -2.36. The van der Waals surface area contributed by atoms with Crippen LogP contribution in [0.2, 0.25) is 0 Å². The Hall–Kier alpha value is -2.28. The molecule has 0 aliphatic rings. The quantitative estimate of drug-likeness (QED) is 0.110. The van der Waals surface area contributed by atoms with Gasteiger partial charge in [-0.1, -0.05) is 0 Å². The van der Waals surface area contributed by atoms with Gasteiger partial charge in [0.1, 0.15) is 0 Å². The molecule has 12 nitrogen and oxygen atoms in total. The van der Waals surface area contributed by atoms with Gasteiger partial charge < -0.3 is 31.1 Å². The van der Waals surface area contributed by atoms with E-state index in [1.54, 1.807) is 0 Å². The molecule has 12 heteroatoms. The third-order valence-electron chi connectivity index (χ3n) is 2.71. The van der Waals surface area contributed by atoms with Crippen molar-refractivity contribution in [3.63, 3.8) is 0 Å². The lowest BCUT2D eigenvalue weighted by Crippen LogP contribution is -2.49. The van der Waals surface area contributed by atoms with Crippen molar-refractivity contribution < 1.29 is 29.4 Å². The Labute approximate surface area is 138 Å². The van der Waals surface area contributed by atoms with E-state index in [0.29, 0.717) is 11.5 Å². The molecule has 0 bridgehead atoms. The van der Waals surface area contributed by atoms with Crippen molar-refractivity contribution in [3.05, 3.63) is 5.21 Å². The molecule has 4 N–H and O–H groups in total. The van der Waals surface area contributed by atoms with Gasteiger partial charge in [-0.15, -0.1) is 0 Å². The number of hydroxylamine groups is 2. The highest BCUT2D eigenvalue weighted by atomic mass is 16.5. The van der Waals surface area contributed by atoms with Crippen molar-refractivity contribution in [2.75, 3.05) is 53.1 Å². The van der Waals surface area contributed by atoms with E-state index < -0.39 is 30.9 Å². The summed E-state index contributed by atoms with van der Waals surface area (Å²) in [6, 6.07) is 0. The van der Waals surface area contributed by atoms with E-state index in [9.17, 15) is 24.4 Å². The zero-order valence-corrected chi connectivity index (χ0v) is 13.3. The standard InChI is InChI=1S/C12H22N5O7/c1-13-10(19)4-15(5-11(20)21)8-16(6-12(22)23)9-17(24)3-2-14-7-18/h7H,2-6,8-9H2,1H3,(H,13,19)(H,14,18)(H,20,21)(H,22,23)/q-1. The highest BCUT2D eigenvalue weighted by Gasteiger charge is 2.19. The fraction of sp³-hybridized carbons (Fsp3) is 0.667. The molecular weight excluding hydrogens is 326 g/mol. The Morgan fingerprint density at radius 2 is 1.62 bits per heavy atom. The molecule has 24 heavy (non-hydrogen) atoms. The van der Waals surface area contributed by atoms with Gasteiger partial charge in [-0.3, -0.25) is 29.0 Å². The molecule has 138 valence electrons. The Balaban J connectivity index is 4.77. The van der Waals surface area contributed by atoms with Gasteiger partial charge in [0, 0.05) is 26.8 Å². The van der Waals surface area contributed by atoms with Crippen molar-refractivity contribution in [2.45, 2.75) is 0 Å². The first-order valence-electron chi connectivity index (χ1n) is 6.96. The number of carboxylic acids is 2. The molecule has 0 aliphatic carbocycles. The molecular formula is C12H22N5O7-. The predicted octanol–water partition coefficient (Wildman–Crippen LogP) is -3.03. The summed E-state index contributed by atoms with van der Waals surface area (Å²) in [5.74, 6) is -2.84. The summed E-state index contributed by atoms with van der Waals surface area (Å²) in [5, 5.41) is 34.6. The number of hydrogen-bond donors (Lipinski definition) is 4. The van der Waals surface area contributed by atoms with E-state index in [4.69, 9.17) is 10.2 Å². The van der Waals surface area contributed by atoms with Crippen molar-refractivity contribution in [1.82, 2.24) is 25.5 Å². The summed E-state index contributed by atoms with van der Waals surface area (Å²) in [6.07, 6.45) is 0.431. The monoisotopic (exact) mass is 348 g/mol. The number of amides is 2. The fourth-order valence-electron chi connectivity index (χ4n) is 1.79. The first-order valence-corrected chi connectivity index (χ1v) is 6.96. The number of nitrogens with one attached hydrogen (secondary N) is 2. The van der Waals surface area contributed by atoms with Crippen molar-refractivity contribution in [3.8, 4) is 0 Å². The lowest BCUT2D eigenvalue weighted by atomic mass is 10.4. The van der Waals surface area contributed by atoms with Crippen molar-refractivity contribution >= 4 is 24.3 Å². The van der Waals surface area contributed by atoms with E-state index in [-0.39, 0.29) is 33.0 Å². The van der Waals surface area contributed by atoms with Crippen molar-refractivity contribution in [2.24, 2.45) is 0 Å². The molecule has 0 spiro atoms. The molecule has 0 unspecified atom stereocenters. The van der Waals surface area contributed by atoms with Crippen LogP contribution in [0.1, 0.15) is 0 Å². The van der Waals surface area contributed by atoms with Crippen LogP contribution < -0.4 is 10.6 Å². The number of nitrogens with zero attached hydrogens (tertiary/aromatic N) is 3. The van der Waals surface area contributed by atoms with E-state index in [0.717, 1.165) is 0 Å². The topological polar surface area (TPSA) is 166 Å².